The summed E-state index contributed by atoms with van der Waals surface area (Å²) in [5.41, 5.74) is 17.5. The summed E-state index contributed by atoms with van der Waals surface area (Å²) in [6.07, 6.45) is 2.37. The second-order valence-electron chi connectivity index (χ2n) is 4.39. The highest BCUT2D eigenvalue weighted by molar-refractivity contribution is 5.57. The van der Waals surface area contributed by atoms with Crippen molar-refractivity contribution < 1.29 is 0 Å². The minimum atomic E-state index is -0.199. The molecular weight excluding hydrogens is 178 g/mol. The molecule has 1 rings (SSSR count). The summed E-state index contributed by atoms with van der Waals surface area (Å²) in [5, 5.41) is 4.15. The number of hydrogen-bond donors (Lipinski definition) is 3. The summed E-state index contributed by atoms with van der Waals surface area (Å²) in [4.78, 5) is 0. The van der Waals surface area contributed by atoms with Gasteiger partial charge < -0.3 is 17.2 Å². The lowest BCUT2D eigenvalue weighted by Crippen LogP contribution is -2.35. The van der Waals surface area contributed by atoms with Gasteiger partial charge in [-0.15, -0.1) is 0 Å². The van der Waals surface area contributed by atoms with Gasteiger partial charge in [0.2, 0.25) is 0 Å². The summed E-state index contributed by atoms with van der Waals surface area (Å²) in [7, 11) is 0. The van der Waals surface area contributed by atoms with Crippen molar-refractivity contribution in [1.29, 1.82) is 0 Å². The lowest BCUT2D eigenvalue weighted by Gasteiger charge is -2.28. The molecule has 0 fully saturated rings. The van der Waals surface area contributed by atoms with Crippen LogP contribution in [0.15, 0.2) is 6.20 Å². The molecule has 0 aliphatic heterocycles. The molecule has 0 bridgehead atoms. The zero-order chi connectivity index (χ0) is 10.9. The Kier molecular flexibility index (Phi) is 2.71. The summed E-state index contributed by atoms with van der Waals surface area (Å²) in [5.74, 6) is 0.510. The number of aromatic nitrogens is 2. The lowest BCUT2D eigenvalue weighted by molar-refractivity contribution is 0.282. The van der Waals surface area contributed by atoms with E-state index in [9.17, 15) is 0 Å². The molecule has 0 radical (unpaired) electrons. The van der Waals surface area contributed by atoms with E-state index in [1.165, 1.54) is 0 Å². The van der Waals surface area contributed by atoms with Gasteiger partial charge in [0, 0.05) is 6.04 Å². The van der Waals surface area contributed by atoms with Crippen LogP contribution in [0.4, 0.5) is 11.5 Å². The average Bonchev–Trinajstić information content (AvgIpc) is 2.30. The van der Waals surface area contributed by atoms with Crippen LogP contribution in [-0.4, -0.2) is 15.8 Å². The van der Waals surface area contributed by atoms with Crippen LogP contribution in [0.25, 0.3) is 0 Å². The number of rotatable bonds is 3. The first-order valence-corrected chi connectivity index (χ1v) is 4.69. The Labute approximate surface area is 84.2 Å². The predicted molar refractivity (Wildman–Crippen MR) is 58.6 cm³/mol. The molecule has 0 aliphatic rings. The largest absolute Gasteiger partial charge is 0.394 e. The van der Waals surface area contributed by atoms with Crippen LogP contribution < -0.4 is 17.2 Å². The van der Waals surface area contributed by atoms with Crippen molar-refractivity contribution >= 4 is 11.5 Å². The van der Waals surface area contributed by atoms with Gasteiger partial charge in [-0.3, -0.25) is 0 Å². The van der Waals surface area contributed by atoms with Crippen LogP contribution in [-0.2, 0) is 5.54 Å². The highest BCUT2D eigenvalue weighted by atomic mass is 15.3. The number of nitrogens with zero attached hydrogens (tertiary/aromatic N) is 2. The van der Waals surface area contributed by atoms with E-state index in [-0.39, 0.29) is 11.6 Å². The summed E-state index contributed by atoms with van der Waals surface area (Å²) in [6.45, 7) is 6.04. The van der Waals surface area contributed by atoms with E-state index >= 15 is 0 Å². The maximum atomic E-state index is 5.80. The van der Waals surface area contributed by atoms with Crippen molar-refractivity contribution in [2.45, 2.75) is 38.8 Å². The van der Waals surface area contributed by atoms with Gasteiger partial charge in [-0.05, 0) is 27.2 Å². The average molecular weight is 197 g/mol. The van der Waals surface area contributed by atoms with E-state index in [4.69, 9.17) is 17.2 Å². The molecule has 1 unspecified atom stereocenters. The zero-order valence-corrected chi connectivity index (χ0v) is 8.99. The Hall–Kier alpha value is -1.23. The molecule has 1 heterocycles. The molecule has 5 heteroatoms. The Morgan fingerprint density at radius 1 is 1.50 bits per heavy atom. The lowest BCUT2D eigenvalue weighted by atomic mass is 9.96. The second kappa shape index (κ2) is 3.49. The van der Waals surface area contributed by atoms with Crippen LogP contribution >= 0.6 is 0 Å². The highest BCUT2D eigenvalue weighted by Crippen LogP contribution is 2.26. The van der Waals surface area contributed by atoms with E-state index < -0.39 is 0 Å². The topological polar surface area (TPSA) is 95.9 Å². The van der Waals surface area contributed by atoms with Crippen molar-refractivity contribution in [2.75, 3.05) is 11.5 Å². The van der Waals surface area contributed by atoms with Crippen LogP contribution in [0, 0.1) is 0 Å². The normalized spacial score (nSPS) is 14.3. The number of nitrogens with two attached hydrogens (primary N) is 3. The van der Waals surface area contributed by atoms with Gasteiger partial charge in [-0.2, -0.15) is 5.10 Å². The quantitative estimate of drug-likeness (QED) is 0.658. The SMILES string of the molecule is CC(N)CC(C)(C)n1ncc(N)c1N. The second-order valence-corrected chi connectivity index (χ2v) is 4.39. The van der Waals surface area contributed by atoms with Gasteiger partial charge in [-0.25, -0.2) is 4.68 Å². The zero-order valence-electron chi connectivity index (χ0n) is 8.99. The Morgan fingerprint density at radius 3 is 2.43 bits per heavy atom. The summed E-state index contributed by atoms with van der Waals surface area (Å²) >= 11 is 0. The molecule has 0 saturated heterocycles. The molecule has 1 atom stereocenters. The minimum Gasteiger partial charge on any atom is -0.394 e. The fourth-order valence-corrected chi connectivity index (χ4v) is 1.73. The first-order chi connectivity index (χ1) is 6.34. The first kappa shape index (κ1) is 10.8. The molecule has 14 heavy (non-hydrogen) atoms. The molecule has 0 aromatic carbocycles. The third-order valence-corrected chi connectivity index (χ3v) is 2.23. The number of nitrogen functional groups attached to an aromatic ring is 2. The maximum absolute atomic E-state index is 5.80. The number of anilines is 2. The molecule has 0 aliphatic carbocycles. The van der Waals surface area contributed by atoms with Gasteiger partial charge in [0.25, 0.3) is 0 Å². The van der Waals surface area contributed by atoms with Gasteiger partial charge in [-0.1, -0.05) is 0 Å². The van der Waals surface area contributed by atoms with Crippen LogP contribution in [0.5, 0.6) is 0 Å². The fourth-order valence-electron chi connectivity index (χ4n) is 1.73. The third kappa shape index (κ3) is 1.98. The van der Waals surface area contributed by atoms with Crippen molar-refractivity contribution in [3.05, 3.63) is 6.20 Å². The Balaban J connectivity index is 2.97. The van der Waals surface area contributed by atoms with E-state index in [2.05, 4.69) is 5.10 Å². The maximum Gasteiger partial charge on any atom is 0.145 e. The first-order valence-electron chi connectivity index (χ1n) is 4.69. The monoisotopic (exact) mass is 197 g/mol. The van der Waals surface area contributed by atoms with Crippen molar-refractivity contribution in [2.24, 2.45) is 5.73 Å². The molecule has 0 amide bonds. The van der Waals surface area contributed by atoms with Crippen LogP contribution in [0.3, 0.4) is 0 Å². The Bertz CT molecular complexity index is 313. The highest BCUT2D eigenvalue weighted by Gasteiger charge is 2.25. The molecule has 80 valence electrons. The molecule has 6 N–H and O–H groups in total. The molecule has 1 aromatic heterocycles. The minimum absolute atomic E-state index is 0.106. The van der Waals surface area contributed by atoms with Crippen LogP contribution in [0.1, 0.15) is 27.2 Å². The van der Waals surface area contributed by atoms with E-state index in [0.29, 0.717) is 11.5 Å². The predicted octanol–water partition coefficient (Wildman–Crippen LogP) is 0.520. The van der Waals surface area contributed by atoms with E-state index in [1.807, 2.05) is 20.8 Å². The van der Waals surface area contributed by atoms with E-state index in [1.54, 1.807) is 10.9 Å². The van der Waals surface area contributed by atoms with Gasteiger partial charge >= 0.3 is 0 Å². The smallest absolute Gasteiger partial charge is 0.145 e. The van der Waals surface area contributed by atoms with Crippen molar-refractivity contribution in [3.63, 3.8) is 0 Å². The van der Waals surface area contributed by atoms with Gasteiger partial charge in [0.1, 0.15) is 5.82 Å². The van der Waals surface area contributed by atoms with Crippen LogP contribution in [0.2, 0.25) is 0 Å². The van der Waals surface area contributed by atoms with Gasteiger partial charge in [0.15, 0.2) is 0 Å². The van der Waals surface area contributed by atoms with Crippen molar-refractivity contribution in [3.8, 4) is 0 Å². The number of hydrogen-bond acceptors (Lipinski definition) is 4. The Morgan fingerprint density at radius 2 is 2.07 bits per heavy atom. The standard InChI is InChI=1S/C9H19N5/c1-6(10)4-9(2,3)14-8(12)7(11)5-13-14/h5-6H,4,10-12H2,1-3H3. The van der Waals surface area contributed by atoms with Gasteiger partial charge in [0.05, 0.1) is 17.4 Å². The summed E-state index contributed by atoms with van der Waals surface area (Å²) in [6, 6.07) is 0.106. The summed E-state index contributed by atoms with van der Waals surface area (Å²) < 4.78 is 1.73. The molecule has 0 spiro atoms. The molecular formula is C9H19N5. The third-order valence-electron chi connectivity index (χ3n) is 2.23. The molecule has 1 aromatic rings. The molecule has 0 saturated carbocycles. The molecule has 5 nitrogen and oxygen atoms in total. The van der Waals surface area contributed by atoms with Crippen molar-refractivity contribution in [1.82, 2.24) is 9.78 Å². The fraction of sp³-hybridized carbons (Fsp3) is 0.667. The van der Waals surface area contributed by atoms with E-state index in [0.717, 1.165) is 6.42 Å².